The normalized spacial score (nSPS) is 11.1. The molecule has 4 nitrogen and oxygen atoms in total. The molecule has 0 aliphatic heterocycles. The summed E-state index contributed by atoms with van der Waals surface area (Å²) in [5.74, 6) is 0.398. The maximum Gasteiger partial charge on any atom is 0.306 e. The van der Waals surface area contributed by atoms with E-state index in [2.05, 4.69) is 6.92 Å². The Bertz CT molecular complexity index is 672. The first-order chi connectivity index (χ1) is 18.7. The van der Waals surface area contributed by atoms with Gasteiger partial charge in [-0.2, -0.15) is 0 Å². The molecule has 0 bridgehead atoms. The Balaban J connectivity index is 1.76. The van der Waals surface area contributed by atoms with Crippen LogP contribution in [0.4, 0.5) is 0 Å². The summed E-state index contributed by atoms with van der Waals surface area (Å²) in [7, 11) is 1.52. The lowest BCUT2D eigenvalue weighted by Crippen LogP contribution is -2.07. The van der Waals surface area contributed by atoms with Crippen molar-refractivity contribution >= 4 is 5.97 Å². The van der Waals surface area contributed by atoms with Gasteiger partial charge in [-0.1, -0.05) is 148 Å². The van der Waals surface area contributed by atoms with Crippen LogP contribution in [0.2, 0.25) is 0 Å². The van der Waals surface area contributed by atoms with Gasteiger partial charge in [0, 0.05) is 6.42 Å². The Kier molecular flexibility index (Phi) is 23.1. The molecule has 0 fully saturated rings. The van der Waals surface area contributed by atoms with Crippen LogP contribution in [-0.4, -0.2) is 24.8 Å². The number of phenolic OH excluding ortho intramolecular Hbond substituents is 1. The van der Waals surface area contributed by atoms with Crippen LogP contribution in [0.1, 0.15) is 160 Å². The van der Waals surface area contributed by atoms with Gasteiger partial charge in [-0.15, -0.1) is 0 Å². The van der Waals surface area contributed by atoms with E-state index < -0.39 is 0 Å². The molecule has 1 aromatic carbocycles. The molecule has 0 amide bonds. The topological polar surface area (TPSA) is 55.8 Å². The summed E-state index contributed by atoms with van der Waals surface area (Å²) >= 11 is 0. The van der Waals surface area contributed by atoms with Crippen molar-refractivity contribution in [3.8, 4) is 11.5 Å². The fraction of sp³-hybridized carbons (Fsp3) is 0.794. The standard InChI is InChI=1S/C34H60O4/c1-3-4-5-6-7-8-9-10-11-12-13-14-15-16-17-18-19-20-21-22-23-24-29-38-34(36)28-26-31-25-27-32(35)33(30-31)37-2/h25,27,30,35H,3-24,26,28-29H2,1-2H3. The number of hydrogen-bond donors (Lipinski definition) is 1. The minimum absolute atomic E-state index is 0.115. The smallest absolute Gasteiger partial charge is 0.306 e. The van der Waals surface area contributed by atoms with Gasteiger partial charge in [0.15, 0.2) is 11.5 Å². The molecule has 1 aromatic rings. The molecule has 0 unspecified atom stereocenters. The molecule has 220 valence electrons. The number of hydrogen-bond acceptors (Lipinski definition) is 4. The van der Waals surface area contributed by atoms with E-state index in [-0.39, 0.29) is 11.7 Å². The number of unbranched alkanes of at least 4 members (excludes halogenated alkanes) is 21. The molecule has 0 radical (unpaired) electrons. The average Bonchev–Trinajstić information content (AvgIpc) is 2.93. The van der Waals surface area contributed by atoms with Crippen LogP contribution in [0.5, 0.6) is 11.5 Å². The third kappa shape index (κ3) is 20.3. The van der Waals surface area contributed by atoms with E-state index in [1.807, 2.05) is 6.07 Å². The third-order valence-electron chi connectivity index (χ3n) is 7.62. The van der Waals surface area contributed by atoms with Crippen molar-refractivity contribution in [2.75, 3.05) is 13.7 Å². The highest BCUT2D eigenvalue weighted by atomic mass is 16.5. The van der Waals surface area contributed by atoms with Crippen LogP contribution in [-0.2, 0) is 16.0 Å². The molecular weight excluding hydrogens is 472 g/mol. The van der Waals surface area contributed by atoms with E-state index in [0.717, 1.165) is 18.4 Å². The molecular formula is C34H60O4. The summed E-state index contributed by atoms with van der Waals surface area (Å²) in [6.45, 7) is 2.82. The number of aromatic hydroxyl groups is 1. The van der Waals surface area contributed by atoms with Gasteiger partial charge in [0.1, 0.15) is 0 Å². The minimum atomic E-state index is -0.152. The monoisotopic (exact) mass is 532 g/mol. The average molecular weight is 533 g/mol. The summed E-state index contributed by atoms with van der Waals surface area (Å²) in [6, 6.07) is 5.17. The van der Waals surface area contributed by atoms with E-state index in [1.165, 1.54) is 136 Å². The van der Waals surface area contributed by atoms with E-state index in [9.17, 15) is 9.90 Å². The highest BCUT2D eigenvalue weighted by Crippen LogP contribution is 2.26. The van der Waals surface area contributed by atoms with Crippen molar-refractivity contribution in [1.29, 1.82) is 0 Å². The third-order valence-corrected chi connectivity index (χ3v) is 7.62. The van der Waals surface area contributed by atoms with Crippen molar-refractivity contribution in [1.82, 2.24) is 0 Å². The Labute approximate surface area is 235 Å². The van der Waals surface area contributed by atoms with Gasteiger partial charge >= 0.3 is 5.97 Å². The summed E-state index contributed by atoms with van der Waals surface area (Å²) < 4.78 is 10.5. The second kappa shape index (κ2) is 25.6. The van der Waals surface area contributed by atoms with Crippen molar-refractivity contribution < 1.29 is 19.4 Å². The van der Waals surface area contributed by atoms with E-state index in [4.69, 9.17) is 9.47 Å². The minimum Gasteiger partial charge on any atom is -0.504 e. The molecule has 0 spiro atoms. The molecule has 0 atom stereocenters. The lowest BCUT2D eigenvalue weighted by Gasteiger charge is -2.07. The van der Waals surface area contributed by atoms with E-state index in [1.54, 1.807) is 12.1 Å². The molecule has 0 saturated carbocycles. The van der Waals surface area contributed by atoms with Crippen LogP contribution in [0, 0.1) is 0 Å². The van der Waals surface area contributed by atoms with Crippen molar-refractivity contribution in [3.05, 3.63) is 23.8 Å². The fourth-order valence-corrected chi connectivity index (χ4v) is 5.09. The molecule has 38 heavy (non-hydrogen) atoms. The van der Waals surface area contributed by atoms with Gasteiger partial charge in [-0.3, -0.25) is 4.79 Å². The number of esters is 1. The van der Waals surface area contributed by atoms with E-state index >= 15 is 0 Å². The van der Waals surface area contributed by atoms with Crippen LogP contribution < -0.4 is 4.74 Å². The number of carbonyl (C=O) groups excluding carboxylic acids is 1. The number of rotatable bonds is 27. The molecule has 0 aliphatic carbocycles. The number of methoxy groups -OCH3 is 1. The maximum atomic E-state index is 12.0. The van der Waals surface area contributed by atoms with Crippen LogP contribution in [0.25, 0.3) is 0 Å². The molecule has 0 heterocycles. The molecule has 0 aromatic heterocycles. The van der Waals surface area contributed by atoms with Gasteiger partial charge in [0.2, 0.25) is 0 Å². The Morgan fingerprint density at radius 2 is 1.08 bits per heavy atom. The summed E-state index contributed by atoms with van der Waals surface area (Å²) in [5, 5.41) is 9.64. The number of phenols is 1. The Morgan fingerprint density at radius 3 is 1.50 bits per heavy atom. The maximum absolute atomic E-state index is 12.0. The zero-order chi connectivity index (χ0) is 27.5. The van der Waals surface area contributed by atoms with Crippen molar-refractivity contribution in [2.45, 2.75) is 161 Å². The lowest BCUT2D eigenvalue weighted by molar-refractivity contribution is -0.143. The Hall–Kier alpha value is -1.71. The number of benzene rings is 1. The number of carbonyl (C=O) groups is 1. The molecule has 1 rings (SSSR count). The first-order valence-electron chi connectivity index (χ1n) is 16.2. The van der Waals surface area contributed by atoms with Gasteiger partial charge in [-0.25, -0.2) is 0 Å². The zero-order valence-corrected chi connectivity index (χ0v) is 25.1. The number of ether oxygens (including phenoxy) is 2. The van der Waals surface area contributed by atoms with Crippen molar-refractivity contribution in [3.63, 3.8) is 0 Å². The fourth-order valence-electron chi connectivity index (χ4n) is 5.09. The molecule has 0 aliphatic rings. The molecule has 1 N–H and O–H groups in total. The van der Waals surface area contributed by atoms with Gasteiger partial charge in [-0.05, 0) is 30.5 Å². The summed E-state index contributed by atoms with van der Waals surface area (Å²) in [6.07, 6.45) is 31.2. The highest BCUT2D eigenvalue weighted by Gasteiger charge is 2.07. The second-order valence-corrected chi connectivity index (χ2v) is 11.2. The number of aryl methyl sites for hydroxylation is 1. The van der Waals surface area contributed by atoms with Crippen LogP contribution >= 0.6 is 0 Å². The Morgan fingerprint density at radius 1 is 0.658 bits per heavy atom. The quantitative estimate of drug-likeness (QED) is 0.0904. The molecule has 0 saturated heterocycles. The van der Waals surface area contributed by atoms with Gasteiger partial charge in [0.05, 0.1) is 13.7 Å². The second-order valence-electron chi connectivity index (χ2n) is 11.2. The predicted molar refractivity (Wildman–Crippen MR) is 161 cm³/mol. The molecule has 4 heteroatoms. The SMILES string of the molecule is CCCCCCCCCCCCCCCCCCCCCCCCOC(=O)CCc1ccc(O)c(OC)c1. The van der Waals surface area contributed by atoms with Crippen molar-refractivity contribution in [2.24, 2.45) is 0 Å². The van der Waals surface area contributed by atoms with Crippen LogP contribution in [0.3, 0.4) is 0 Å². The summed E-state index contributed by atoms with van der Waals surface area (Å²) in [5.41, 5.74) is 0.959. The summed E-state index contributed by atoms with van der Waals surface area (Å²) in [4.78, 5) is 12.0. The van der Waals surface area contributed by atoms with Gasteiger partial charge in [0.25, 0.3) is 0 Å². The first kappa shape index (κ1) is 34.3. The largest absolute Gasteiger partial charge is 0.504 e. The zero-order valence-electron chi connectivity index (χ0n) is 25.1. The van der Waals surface area contributed by atoms with Crippen LogP contribution in [0.15, 0.2) is 18.2 Å². The highest BCUT2D eigenvalue weighted by molar-refractivity contribution is 5.69. The predicted octanol–water partition coefficient (Wildman–Crippen LogP) is 10.5. The lowest BCUT2D eigenvalue weighted by atomic mass is 10.0. The first-order valence-corrected chi connectivity index (χ1v) is 16.2. The van der Waals surface area contributed by atoms with Gasteiger partial charge < -0.3 is 14.6 Å². The van der Waals surface area contributed by atoms with E-state index in [0.29, 0.717) is 25.2 Å².